The molecule has 0 heterocycles. The Bertz CT molecular complexity index is 944. The van der Waals surface area contributed by atoms with E-state index in [4.69, 9.17) is 0 Å². The third-order valence-corrected chi connectivity index (χ3v) is 5.15. The Morgan fingerprint density at radius 1 is 0.828 bits per heavy atom. The van der Waals surface area contributed by atoms with Gasteiger partial charge in [0.2, 0.25) is 5.91 Å². The number of hydrogen-bond donors (Lipinski definition) is 2. The minimum atomic E-state index is -1.04. The molecule has 2 N–H and O–H groups in total. The van der Waals surface area contributed by atoms with E-state index in [1.165, 1.54) is 0 Å². The van der Waals surface area contributed by atoms with Gasteiger partial charge in [0.1, 0.15) is 6.04 Å². The number of amides is 1. The zero-order valence-electron chi connectivity index (χ0n) is 16.6. The average molecular weight is 387 g/mol. The number of carbonyl (C=O) groups excluding carboxylic acids is 1. The molecule has 0 aromatic heterocycles. The van der Waals surface area contributed by atoms with Gasteiger partial charge in [-0.2, -0.15) is 0 Å². The molecular formula is C25H25NO3. The molecule has 3 rings (SSSR count). The maximum absolute atomic E-state index is 13.2. The standard InChI is InChI=1S/C25H25NO3/c1-17-13-14-19(15-18(17)2)16-22(25(28)29)26-24(27)23(20-9-5-3-6-10-20)21-11-7-4-8-12-21/h3-15,22-23H,16H2,1-2H3,(H,26,27)(H,28,29)/t22-/m0/s1. The van der Waals surface area contributed by atoms with Gasteiger partial charge >= 0.3 is 5.97 Å². The highest BCUT2D eigenvalue weighted by Gasteiger charge is 2.27. The molecule has 1 amide bonds. The van der Waals surface area contributed by atoms with Gasteiger partial charge in [-0.25, -0.2) is 4.79 Å². The van der Waals surface area contributed by atoms with Gasteiger partial charge in [0.25, 0.3) is 0 Å². The van der Waals surface area contributed by atoms with Gasteiger partial charge in [0.15, 0.2) is 0 Å². The van der Waals surface area contributed by atoms with Gasteiger partial charge < -0.3 is 10.4 Å². The van der Waals surface area contributed by atoms with Crippen LogP contribution in [0.3, 0.4) is 0 Å². The van der Waals surface area contributed by atoms with E-state index in [-0.39, 0.29) is 12.3 Å². The minimum Gasteiger partial charge on any atom is -0.480 e. The molecule has 3 aromatic rings. The van der Waals surface area contributed by atoms with Crippen molar-refractivity contribution in [2.45, 2.75) is 32.2 Å². The summed E-state index contributed by atoms with van der Waals surface area (Å²) >= 11 is 0. The van der Waals surface area contributed by atoms with Crippen molar-refractivity contribution in [1.29, 1.82) is 0 Å². The summed E-state index contributed by atoms with van der Waals surface area (Å²) < 4.78 is 0. The molecule has 0 radical (unpaired) electrons. The lowest BCUT2D eigenvalue weighted by atomic mass is 9.90. The summed E-state index contributed by atoms with van der Waals surface area (Å²) in [5.41, 5.74) is 4.79. The molecule has 0 spiro atoms. The molecule has 148 valence electrons. The Morgan fingerprint density at radius 3 is 1.86 bits per heavy atom. The van der Waals surface area contributed by atoms with E-state index in [2.05, 4.69) is 5.32 Å². The van der Waals surface area contributed by atoms with Crippen molar-refractivity contribution >= 4 is 11.9 Å². The van der Waals surface area contributed by atoms with E-state index in [0.29, 0.717) is 0 Å². The maximum atomic E-state index is 13.2. The van der Waals surface area contributed by atoms with Gasteiger partial charge in [-0.3, -0.25) is 4.79 Å². The fourth-order valence-corrected chi connectivity index (χ4v) is 3.41. The summed E-state index contributed by atoms with van der Waals surface area (Å²) in [6.07, 6.45) is 0.235. The first kappa shape index (κ1) is 20.3. The topological polar surface area (TPSA) is 66.4 Å². The van der Waals surface area contributed by atoms with E-state index in [1.54, 1.807) is 0 Å². The summed E-state index contributed by atoms with van der Waals surface area (Å²) in [5.74, 6) is -1.94. The quantitative estimate of drug-likeness (QED) is 0.637. The number of aliphatic carboxylic acids is 1. The van der Waals surface area contributed by atoms with Gasteiger partial charge in [-0.05, 0) is 41.7 Å². The zero-order chi connectivity index (χ0) is 20.8. The lowest BCUT2D eigenvalue weighted by Crippen LogP contribution is -2.44. The van der Waals surface area contributed by atoms with E-state index in [0.717, 1.165) is 27.8 Å². The van der Waals surface area contributed by atoms with Crippen LogP contribution in [0.2, 0.25) is 0 Å². The fourth-order valence-electron chi connectivity index (χ4n) is 3.41. The molecular weight excluding hydrogens is 362 g/mol. The van der Waals surface area contributed by atoms with Crippen LogP contribution in [-0.2, 0) is 16.0 Å². The Balaban J connectivity index is 1.86. The van der Waals surface area contributed by atoms with Crippen LogP contribution >= 0.6 is 0 Å². The van der Waals surface area contributed by atoms with Crippen molar-refractivity contribution in [1.82, 2.24) is 5.32 Å². The molecule has 0 bridgehead atoms. The fraction of sp³-hybridized carbons (Fsp3) is 0.200. The minimum absolute atomic E-state index is 0.235. The molecule has 0 fully saturated rings. The molecule has 0 aliphatic carbocycles. The Kier molecular flexibility index (Phi) is 6.45. The molecule has 4 heteroatoms. The van der Waals surface area contributed by atoms with Crippen LogP contribution in [0, 0.1) is 13.8 Å². The second-order valence-corrected chi connectivity index (χ2v) is 7.28. The Hall–Kier alpha value is -3.40. The number of rotatable bonds is 7. The first-order valence-corrected chi connectivity index (χ1v) is 9.65. The SMILES string of the molecule is Cc1ccc(C[C@H](NC(=O)C(c2ccccc2)c2ccccc2)C(=O)O)cc1C. The summed E-state index contributed by atoms with van der Waals surface area (Å²) in [6, 6.07) is 23.7. The van der Waals surface area contributed by atoms with E-state index in [9.17, 15) is 14.7 Å². The van der Waals surface area contributed by atoms with E-state index in [1.807, 2.05) is 92.7 Å². The smallest absolute Gasteiger partial charge is 0.326 e. The molecule has 29 heavy (non-hydrogen) atoms. The van der Waals surface area contributed by atoms with Crippen LogP contribution in [-0.4, -0.2) is 23.0 Å². The van der Waals surface area contributed by atoms with Crippen molar-refractivity contribution in [3.8, 4) is 0 Å². The van der Waals surface area contributed by atoms with Gasteiger partial charge in [-0.15, -0.1) is 0 Å². The lowest BCUT2D eigenvalue weighted by Gasteiger charge is -2.21. The number of aryl methyl sites for hydroxylation is 2. The monoisotopic (exact) mass is 387 g/mol. The predicted octanol–water partition coefficient (Wildman–Crippen LogP) is 4.25. The molecule has 0 saturated carbocycles. The van der Waals surface area contributed by atoms with Crippen molar-refractivity contribution < 1.29 is 14.7 Å². The summed E-state index contributed by atoms with van der Waals surface area (Å²) in [5, 5.41) is 12.5. The predicted molar refractivity (Wildman–Crippen MR) is 114 cm³/mol. The number of carboxylic acids is 1. The zero-order valence-corrected chi connectivity index (χ0v) is 16.6. The molecule has 1 atom stereocenters. The number of carboxylic acid groups (broad SMARTS) is 1. The highest BCUT2D eigenvalue weighted by atomic mass is 16.4. The van der Waals surface area contributed by atoms with Crippen LogP contribution in [0.1, 0.15) is 33.7 Å². The first-order valence-electron chi connectivity index (χ1n) is 9.65. The summed E-state index contributed by atoms with van der Waals surface area (Å²) in [7, 11) is 0. The second kappa shape index (κ2) is 9.20. The van der Waals surface area contributed by atoms with Gasteiger partial charge in [0.05, 0.1) is 5.92 Å². The highest BCUT2D eigenvalue weighted by Crippen LogP contribution is 2.25. The van der Waals surface area contributed by atoms with Crippen LogP contribution in [0.25, 0.3) is 0 Å². The van der Waals surface area contributed by atoms with E-state index < -0.39 is 17.9 Å². The van der Waals surface area contributed by atoms with Crippen molar-refractivity contribution in [3.05, 3.63) is 107 Å². The van der Waals surface area contributed by atoms with Crippen LogP contribution in [0.15, 0.2) is 78.9 Å². The van der Waals surface area contributed by atoms with Gasteiger partial charge in [0, 0.05) is 6.42 Å². The largest absolute Gasteiger partial charge is 0.480 e. The molecule has 3 aromatic carbocycles. The second-order valence-electron chi connectivity index (χ2n) is 7.28. The van der Waals surface area contributed by atoms with Crippen LogP contribution in [0.5, 0.6) is 0 Å². The summed E-state index contributed by atoms with van der Waals surface area (Å²) in [4.78, 5) is 25.1. The Labute approximate surface area is 171 Å². The maximum Gasteiger partial charge on any atom is 0.326 e. The van der Waals surface area contributed by atoms with Crippen molar-refractivity contribution in [2.24, 2.45) is 0 Å². The van der Waals surface area contributed by atoms with Crippen molar-refractivity contribution in [2.75, 3.05) is 0 Å². The summed E-state index contributed by atoms with van der Waals surface area (Å²) in [6.45, 7) is 4.01. The van der Waals surface area contributed by atoms with E-state index >= 15 is 0 Å². The Morgan fingerprint density at radius 2 is 1.38 bits per heavy atom. The number of nitrogens with one attached hydrogen (secondary N) is 1. The molecule has 0 unspecified atom stereocenters. The first-order chi connectivity index (χ1) is 14.0. The normalized spacial score (nSPS) is 11.8. The third-order valence-electron chi connectivity index (χ3n) is 5.15. The number of hydrogen-bond acceptors (Lipinski definition) is 2. The molecule has 4 nitrogen and oxygen atoms in total. The molecule has 0 aliphatic rings. The van der Waals surface area contributed by atoms with Crippen LogP contribution < -0.4 is 5.32 Å². The van der Waals surface area contributed by atoms with Crippen LogP contribution in [0.4, 0.5) is 0 Å². The van der Waals surface area contributed by atoms with Gasteiger partial charge in [-0.1, -0.05) is 78.9 Å². The molecule has 0 aliphatic heterocycles. The van der Waals surface area contributed by atoms with Crippen molar-refractivity contribution in [3.63, 3.8) is 0 Å². The highest BCUT2D eigenvalue weighted by molar-refractivity contribution is 5.90. The lowest BCUT2D eigenvalue weighted by molar-refractivity contribution is -0.141. The third kappa shape index (κ3) is 5.11. The number of benzene rings is 3. The number of carbonyl (C=O) groups is 2. The average Bonchev–Trinajstić information content (AvgIpc) is 2.72. The molecule has 0 saturated heterocycles.